The average Bonchev–Trinajstić information content (AvgIpc) is 3.25. The smallest absolute Gasteiger partial charge is 0.484 e. The fourth-order valence-corrected chi connectivity index (χ4v) is 5.40. The van der Waals surface area contributed by atoms with Gasteiger partial charge in [0.15, 0.2) is 6.61 Å². The highest BCUT2D eigenvalue weighted by Gasteiger charge is 2.42. The number of benzene rings is 1. The maximum atomic E-state index is 13.6. The number of nitrogens with zero attached hydrogens (tertiary/aromatic N) is 3. The van der Waals surface area contributed by atoms with Crippen molar-refractivity contribution in [2.24, 2.45) is 0 Å². The molecule has 1 aliphatic carbocycles. The Morgan fingerprint density at radius 3 is 2.70 bits per heavy atom. The second-order valence-corrected chi connectivity index (χ2v) is 10.1. The molecule has 2 aliphatic heterocycles. The van der Waals surface area contributed by atoms with Gasteiger partial charge >= 0.3 is 6.36 Å². The van der Waals surface area contributed by atoms with Gasteiger partial charge in [-0.15, -0.1) is 13.2 Å². The molecule has 0 radical (unpaired) electrons. The van der Waals surface area contributed by atoms with Crippen LogP contribution in [-0.2, 0) is 14.3 Å². The summed E-state index contributed by atoms with van der Waals surface area (Å²) in [5, 5.41) is 7.40. The zero-order valence-electron chi connectivity index (χ0n) is 19.8. The molecular formula is C24H27ClF4N4O4. The van der Waals surface area contributed by atoms with Crippen LogP contribution in [0.2, 0.25) is 5.02 Å². The number of amides is 1. The molecule has 2 unspecified atom stereocenters. The van der Waals surface area contributed by atoms with Crippen molar-refractivity contribution in [3.05, 3.63) is 41.4 Å². The zero-order chi connectivity index (χ0) is 26.2. The van der Waals surface area contributed by atoms with Crippen LogP contribution in [0.15, 0.2) is 30.6 Å². The Morgan fingerprint density at radius 1 is 1.16 bits per heavy atom. The predicted molar refractivity (Wildman–Crippen MR) is 125 cm³/mol. The lowest BCUT2D eigenvalue weighted by Crippen LogP contribution is -2.52. The fraction of sp³-hybridized carbons (Fsp3) is 0.583. The molecule has 3 atom stereocenters. The molecule has 37 heavy (non-hydrogen) atoms. The molecule has 202 valence electrons. The third kappa shape index (κ3) is 6.29. The predicted octanol–water partition coefficient (Wildman–Crippen LogP) is 4.24. The second-order valence-electron chi connectivity index (χ2n) is 9.68. The summed E-state index contributed by atoms with van der Waals surface area (Å²) in [6.07, 6.45) is 0.838. The first kappa shape index (κ1) is 26.1. The first-order valence-electron chi connectivity index (χ1n) is 12.2. The Labute approximate surface area is 215 Å². The topological polar surface area (TPSA) is 77.9 Å². The number of hydrogen-bond donors (Lipinski definition) is 1. The van der Waals surface area contributed by atoms with Crippen LogP contribution in [0.1, 0.15) is 38.1 Å². The highest BCUT2D eigenvalue weighted by Crippen LogP contribution is 2.39. The summed E-state index contributed by atoms with van der Waals surface area (Å²) in [5.74, 6) is -0.711. The molecule has 1 aromatic heterocycles. The van der Waals surface area contributed by atoms with Crippen LogP contribution < -0.4 is 15.0 Å². The number of carbonyl (C=O) groups is 1. The van der Waals surface area contributed by atoms with E-state index in [1.54, 1.807) is 10.9 Å². The molecule has 1 N–H and O–H groups in total. The third-order valence-electron chi connectivity index (χ3n) is 7.07. The number of halogens is 5. The molecule has 5 rings (SSSR count). The van der Waals surface area contributed by atoms with E-state index in [4.69, 9.17) is 21.1 Å². The molecule has 1 saturated carbocycles. The van der Waals surface area contributed by atoms with E-state index in [0.29, 0.717) is 19.6 Å². The number of aromatic nitrogens is 2. The average molecular weight is 547 g/mol. The van der Waals surface area contributed by atoms with Gasteiger partial charge in [0.2, 0.25) is 0 Å². The van der Waals surface area contributed by atoms with E-state index in [2.05, 4.69) is 20.1 Å². The van der Waals surface area contributed by atoms with Crippen LogP contribution in [0.25, 0.3) is 0 Å². The summed E-state index contributed by atoms with van der Waals surface area (Å²) in [6, 6.07) is 3.85. The van der Waals surface area contributed by atoms with Gasteiger partial charge in [0.25, 0.3) is 5.91 Å². The van der Waals surface area contributed by atoms with E-state index in [1.165, 1.54) is 12.1 Å². The molecule has 3 fully saturated rings. The summed E-state index contributed by atoms with van der Waals surface area (Å²) in [7, 11) is 0. The Kier molecular flexibility index (Phi) is 7.51. The molecule has 3 aliphatic rings. The number of morpholine rings is 1. The number of alkyl halides is 3. The first-order chi connectivity index (χ1) is 17.6. The number of hydrogen-bond acceptors (Lipinski definition) is 6. The van der Waals surface area contributed by atoms with Crippen LogP contribution in [0.5, 0.6) is 5.75 Å². The maximum Gasteiger partial charge on any atom is 0.522 e. The maximum absolute atomic E-state index is 13.6. The van der Waals surface area contributed by atoms with E-state index in [0.717, 1.165) is 24.6 Å². The lowest BCUT2D eigenvalue weighted by molar-refractivity contribution is -0.353. The largest absolute Gasteiger partial charge is 0.522 e. The van der Waals surface area contributed by atoms with Crippen molar-refractivity contribution in [2.75, 3.05) is 24.7 Å². The zero-order valence-corrected chi connectivity index (χ0v) is 20.6. The van der Waals surface area contributed by atoms with Crippen molar-refractivity contribution >= 4 is 23.2 Å². The number of anilines is 1. The van der Waals surface area contributed by atoms with Crippen LogP contribution in [0.4, 0.5) is 23.2 Å². The molecule has 2 aromatic rings. The molecule has 2 saturated heterocycles. The van der Waals surface area contributed by atoms with Crippen molar-refractivity contribution < 1.29 is 36.6 Å². The van der Waals surface area contributed by atoms with Crippen molar-refractivity contribution in [3.8, 4) is 5.75 Å². The normalized spacial score (nSPS) is 27.8. The van der Waals surface area contributed by atoms with Gasteiger partial charge in [-0.25, -0.2) is 4.39 Å². The molecule has 0 spiro atoms. The minimum atomic E-state index is -4.62. The fourth-order valence-electron chi connectivity index (χ4n) is 5.28. The third-order valence-corrected chi connectivity index (χ3v) is 7.38. The van der Waals surface area contributed by atoms with Gasteiger partial charge in [0.05, 0.1) is 54.4 Å². The van der Waals surface area contributed by atoms with Crippen molar-refractivity contribution in [3.63, 3.8) is 0 Å². The van der Waals surface area contributed by atoms with Gasteiger partial charge < -0.3 is 19.7 Å². The van der Waals surface area contributed by atoms with Crippen LogP contribution >= 0.6 is 11.6 Å². The van der Waals surface area contributed by atoms with Crippen molar-refractivity contribution in [1.29, 1.82) is 0 Å². The molecule has 13 heteroatoms. The molecule has 8 nitrogen and oxygen atoms in total. The Balaban J connectivity index is 1.17. The SMILES string of the molecule is O=C(COc1ccc(Cl)c(F)c1)NC1CCC2COC[C@H](C1)N2c1cnn(C2CC(OC(F)(F)F)C2)c1. The quantitative estimate of drug-likeness (QED) is 0.524. The number of rotatable bonds is 7. The summed E-state index contributed by atoms with van der Waals surface area (Å²) in [5.41, 5.74) is 0.888. The van der Waals surface area contributed by atoms with E-state index in [-0.39, 0.29) is 60.3 Å². The van der Waals surface area contributed by atoms with Crippen LogP contribution in [0, 0.1) is 5.82 Å². The van der Waals surface area contributed by atoms with Gasteiger partial charge in [0.1, 0.15) is 11.6 Å². The molecular weight excluding hydrogens is 520 g/mol. The van der Waals surface area contributed by atoms with Gasteiger partial charge in [-0.05, 0) is 44.2 Å². The van der Waals surface area contributed by atoms with E-state index < -0.39 is 18.3 Å². The van der Waals surface area contributed by atoms with Gasteiger partial charge in [-0.2, -0.15) is 5.10 Å². The Bertz CT molecular complexity index is 1110. The van der Waals surface area contributed by atoms with E-state index in [1.807, 2.05) is 6.20 Å². The van der Waals surface area contributed by atoms with Crippen LogP contribution in [0.3, 0.4) is 0 Å². The highest BCUT2D eigenvalue weighted by atomic mass is 35.5. The summed E-state index contributed by atoms with van der Waals surface area (Å²) in [4.78, 5) is 14.8. The van der Waals surface area contributed by atoms with E-state index in [9.17, 15) is 22.4 Å². The Morgan fingerprint density at radius 2 is 1.95 bits per heavy atom. The summed E-state index contributed by atoms with van der Waals surface area (Å²) >= 11 is 5.67. The minimum absolute atomic E-state index is 0.00168. The molecule has 1 amide bonds. The summed E-state index contributed by atoms with van der Waals surface area (Å²) in [6.45, 7) is 0.775. The number of nitrogens with one attached hydrogen (secondary N) is 1. The summed E-state index contributed by atoms with van der Waals surface area (Å²) < 4.78 is 67.9. The number of ether oxygens (including phenoxy) is 3. The van der Waals surface area contributed by atoms with Crippen molar-refractivity contribution in [2.45, 2.75) is 68.7 Å². The van der Waals surface area contributed by atoms with E-state index >= 15 is 0 Å². The monoisotopic (exact) mass is 546 g/mol. The standard InChI is InChI=1S/C24H27ClF4N4O4/c25-21-4-3-19(8-22(21)26)36-13-23(34)31-14-1-2-15-11-35-12-17(5-14)33(15)18-9-30-32(10-18)16-6-20(7-16)37-24(27,28)29/h3-4,8-10,14-17,20H,1-2,5-7,11-13H2,(H,31,34)/t14?,15?,16?,17-,20?/m0/s1. The highest BCUT2D eigenvalue weighted by molar-refractivity contribution is 6.30. The number of carbonyl (C=O) groups excluding carboxylic acids is 1. The number of fused-ring (bicyclic) bond motifs is 2. The molecule has 1 aromatic carbocycles. The van der Waals surface area contributed by atoms with Crippen LogP contribution in [-0.4, -0.2) is 66.1 Å². The first-order valence-corrected chi connectivity index (χ1v) is 12.5. The molecule has 2 bridgehead atoms. The van der Waals surface area contributed by atoms with Crippen molar-refractivity contribution in [1.82, 2.24) is 15.1 Å². The molecule has 3 heterocycles. The van der Waals surface area contributed by atoms with Gasteiger partial charge in [-0.1, -0.05) is 11.6 Å². The lowest BCUT2D eigenvalue weighted by Gasteiger charge is -2.41. The van der Waals surface area contributed by atoms with Gasteiger partial charge in [-0.3, -0.25) is 14.2 Å². The Hall–Kier alpha value is -2.57. The van der Waals surface area contributed by atoms with Gasteiger partial charge in [0, 0.05) is 18.3 Å². The minimum Gasteiger partial charge on any atom is -0.484 e. The second kappa shape index (κ2) is 10.7. The lowest BCUT2D eigenvalue weighted by atomic mass is 9.89.